The Bertz CT molecular complexity index is 231. The number of hydrogen-bond donors (Lipinski definition) is 0. The Morgan fingerprint density at radius 1 is 1.06 bits per heavy atom. The van der Waals surface area contributed by atoms with E-state index in [0.717, 1.165) is 38.8 Å². The van der Waals surface area contributed by atoms with Gasteiger partial charge in [-0.05, 0) is 25.7 Å². The van der Waals surface area contributed by atoms with E-state index >= 15 is 0 Å². The molecule has 0 unspecified atom stereocenters. The molecular weight excluding hydrogens is 198 g/mol. The van der Waals surface area contributed by atoms with Crippen molar-refractivity contribution in [3.63, 3.8) is 0 Å². The third-order valence-corrected chi connectivity index (χ3v) is 2.33. The van der Waals surface area contributed by atoms with Crippen LogP contribution in [0.4, 0.5) is 0 Å². The molecule has 0 heterocycles. The number of allylic oxidation sites excluding steroid dienone is 3. The molecule has 0 spiro atoms. The van der Waals surface area contributed by atoms with Crippen molar-refractivity contribution in [3.8, 4) is 0 Å². The first-order valence-corrected chi connectivity index (χ1v) is 6.27. The first-order chi connectivity index (χ1) is 7.72. The molecule has 0 aliphatic carbocycles. The van der Waals surface area contributed by atoms with E-state index in [1.165, 1.54) is 0 Å². The molecule has 0 atom stereocenters. The summed E-state index contributed by atoms with van der Waals surface area (Å²) < 4.78 is 0. The lowest BCUT2D eigenvalue weighted by Crippen LogP contribution is -2.29. The Kier molecular flexibility index (Phi) is 9.78. The van der Waals surface area contributed by atoms with Crippen LogP contribution in [0.5, 0.6) is 0 Å². The maximum absolute atomic E-state index is 11.2. The summed E-state index contributed by atoms with van der Waals surface area (Å²) in [6.45, 7) is 7.47. The fraction of sp³-hybridized carbons (Fsp3) is 0.643. The molecule has 0 radical (unpaired) electrons. The van der Waals surface area contributed by atoms with E-state index in [1.54, 1.807) is 6.92 Å². The predicted molar refractivity (Wildman–Crippen MR) is 70.4 cm³/mol. The number of nitrogens with zero attached hydrogens (tertiary/aromatic N) is 1. The van der Waals surface area contributed by atoms with Crippen molar-refractivity contribution >= 4 is 5.91 Å². The molecule has 0 saturated heterocycles. The monoisotopic (exact) mass is 223 g/mol. The molecule has 0 saturated carbocycles. The first kappa shape index (κ1) is 14.9. The molecule has 0 bridgehead atoms. The van der Waals surface area contributed by atoms with Gasteiger partial charge in [0, 0.05) is 20.0 Å². The summed E-state index contributed by atoms with van der Waals surface area (Å²) in [7, 11) is 0. The van der Waals surface area contributed by atoms with Crippen molar-refractivity contribution in [2.24, 2.45) is 0 Å². The zero-order valence-electron chi connectivity index (χ0n) is 10.9. The van der Waals surface area contributed by atoms with E-state index in [4.69, 9.17) is 0 Å². The van der Waals surface area contributed by atoms with Crippen molar-refractivity contribution in [2.75, 3.05) is 13.1 Å². The topological polar surface area (TPSA) is 20.3 Å². The third kappa shape index (κ3) is 8.27. The Morgan fingerprint density at radius 3 is 2.19 bits per heavy atom. The zero-order valence-corrected chi connectivity index (χ0v) is 10.9. The van der Waals surface area contributed by atoms with Gasteiger partial charge in [-0.15, -0.1) is 0 Å². The van der Waals surface area contributed by atoms with Gasteiger partial charge in [-0.1, -0.05) is 38.2 Å². The van der Waals surface area contributed by atoms with Crippen LogP contribution < -0.4 is 0 Å². The molecule has 0 aromatic carbocycles. The van der Waals surface area contributed by atoms with Crippen molar-refractivity contribution in [1.29, 1.82) is 0 Å². The number of carbonyl (C=O) groups is 1. The highest BCUT2D eigenvalue weighted by Crippen LogP contribution is 1.97. The average molecular weight is 223 g/mol. The lowest BCUT2D eigenvalue weighted by molar-refractivity contribution is -0.128. The Labute approximate surface area is 100 Å². The molecule has 92 valence electrons. The Morgan fingerprint density at radius 2 is 1.69 bits per heavy atom. The molecular formula is C14H25NO. The standard InChI is InChI=1S/C14H25NO/c1-4-6-7-8-9-10-11-13-15(12-5-2)14(3)16/h6-7,10-11H,4-5,8-9,12-13H2,1-3H3/b7-6-,11-10-. The molecule has 0 aromatic rings. The highest BCUT2D eigenvalue weighted by atomic mass is 16.2. The summed E-state index contributed by atoms with van der Waals surface area (Å²) in [6.07, 6.45) is 12.9. The number of hydrogen-bond acceptors (Lipinski definition) is 1. The minimum absolute atomic E-state index is 0.164. The van der Waals surface area contributed by atoms with Gasteiger partial charge in [-0.25, -0.2) is 0 Å². The minimum Gasteiger partial charge on any atom is -0.339 e. The molecule has 2 nitrogen and oxygen atoms in total. The SMILES string of the molecule is CC/C=C\CC/C=C\CN(CCC)C(C)=O. The minimum atomic E-state index is 0.164. The number of rotatable bonds is 8. The van der Waals surface area contributed by atoms with Crippen molar-refractivity contribution in [2.45, 2.75) is 46.5 Å². The van der Waals surface area contributed by atoms with Gasteiger partial charge >= 0.3 is 0 Å². The molecule has 0 N–H and O–H groups in total. The average Bonchev–Trinajstić information content (AvgIpc) is 2.26. The summed E-state index contributed by atoms with van der Waals surface area (Å²) in [4.78, 5) is 13.1. The molecule has 16 heavy (non-hydrogen) atoms. The van der Waals surface area contributed by atoms with Gasteiger partial charge in [0.25, 0.3) is 0 Å². The van der Waals surface area contributed by atoms with Gasteiger partial charge in [0.05, 0.1) is 0 Å². The van der Waals surface area contributed by atoms with E-state index in [-0.39, 0.29) is 5.91 Å². The first-order valence-electron chi connectivity index (χ1n) is 6.27. The number of carbonyl (C=O) groups excluding carboxylic acids is 1. The molecule has 2 heteroatoms. The fourth-order valence-corrected chi connectivity index (χ4v) is 1.44. The summed E-state index contributed by atoms with van der Waals surface area (Å²) in [5.41, 5.74) is 0. The largest absolute Gasteiger partial charge is 0.339 e. The van der Waals surface area contributed by atoms with E-state index < -0.39 is 0 Å². The van der Waals surface area contributed by atoms with Gasteiger partial charge in [0.2, 0.25) is 5.91 Å². The highest BCUT2D eigenvalue weighted by molar-refractivity contribution is 5.73. The maximum atomic E-state index is 11.2. The van der Waals surface area contributed by atoms with Crippen LogP contribution in [0.25, 0.3) is 0 Å². The van der Waals surface area contributed by atoms with E-state index in [1.807, 2.05) is 4.90 Å². The lowest BCUT2D eigenvalue weighted by Gasteiger charge is -2.17. The second-order valence-corrected chi connectivity index (χ2v) is 3.89. The van der Waals surface area contributed by atoms with Gasteiger partial charge in [0.15, 0.2) is 0 Å². The zero-order chi connectivity index (χ0) is 12.2. The lowest BCUT2D eigenvalue weighted by atomic mass is 10.2. The molecule has 0 fully saturated rings. The molecule has 0 rings (SSSR count). The smallest absolute Gasteiger partial charge is 0.219 e. The van der Waals surface area contributed by atoms with Crippen LogP contribution in [0, 0.1) is 0 Å². The predicted octanol–water partition coefficient (Wildman–Crippen LogP) is 3.55. The maximum Gasteiger partial charge on any atom is 0.219 e. The second-order valence-electron chi connectivity index (χ2n) is 3.89. The normalized spacial score (nSPS) is 11.4. The van der Waals surface area contributed by atoms with Crippen LogP contribution in [0.1, 0.15) is 46.5 Å². The highest BCUT2D eigenvalue weighted by Gasteiger charge is 2.03. The van der Waals surface area contributed by atoms with E-state index in [2.05, 4.69) is 38.2 Å². The van der Waals surface area contributed by atoms with Gasteiger partial charge in [-0.3, -0.25) is 4.79 Å². The van der Waals surface area contributed by atoms with Crippen molar-refractivity contribution in [3.05, 3.63) is 24.3 Å². The van der Waals surface area contributed by atoms with E-state index in [0.29, 0.717) is 0 Å². The van der Waals surface area contributed by atoms with Crippen LogP contribution in [0.15, 0.2) is 24.3 Å². The van der Waals surface area contributed by atoms with Crippen molar-refractivity contribution < 1.29 is 4.79 Å². The summed E-state index contributed by atoms with van der Waals surface area (Å²) in [6, 6.07) is 0. The van der Waals surface area contributed by atoms with Crippen LogP contribution in [-0.2, 0) is 4.79 Å². The molecule has 0 aromatic heterocycles. The van der Waals surface area contributed by atoms with E-state index in [9.17, 15) is 4.79 Å². The second kappa shape index (κ2) is 10.5. The van der Waals surface area contributed by atoms with Crippen LogP contribution >= 0.6 is 0 Å². The van der Waals surface area contributed by atoms with Crippen LogP contribution in [0.3, 0.4) is 0 Å². The molecule has 0 aliphatic rings. The Balaban J connectivity index is 3.70. The van der Waals surface area contributed by atoms with Gasteiger partial charge < -0.3 is 4.90 Å². The number of unbranched alkanes of at least 4 members (excludes halogenated alkanes) is 1. The fourth-order valence-electron chi connectivity index (χ4n) is 1.44. The number of amides is 1. The molecule has 0 aliphatic heterocycles. The summed E-state index contributed by atoms with van der Waals surface area (Å²) in [5, 5.41) is 0. The summed E-state index contributed by atoms with van der Waals surface area (Å²) in [5.74, 6) is 0.164. The van der Waals surface area contributed by atoms with Gasteiger partial charge in [-0.2, -0.15) is 0 Å². The van der Waals surface area contributed by atoms with Crippen LogP contribution in [-0.4, -0.2) is 23.9 Å². The Hall–Kier alpha value is -1.05. The van der Waals surface area contributed by atoms with Crippen molar-refractivity contribution in [1.82, 2.24) is 4.90 Å². The molecule has 1 amide bonds. The third-order valence-electron chi connectivity index (χ3n) is 2.33. The summed E-state index contributed by atoms with van der Waals surface area (Å²) >= 11 is 0. The van der Waals surface area contributed by atoms with Crippen LogP contribution in [0.2, 0.25) is 0 Å². The van der Waals surface area contributed by atoms with Gasteiger partial charge in [0.1, 0.15) is 0 Å². The quantitative estimate of drug-likeness (QED) is 0.455.